The summed E-state index contributed by atoms with van der Waals surface area (Å²) in [5.41, 5.74) is 0.00442. The van der Waals surface area contributed by atoms with Crippen LogP contribution in [0.4, 0.5) is 10.1 Å². The maximum atomic E-state index is 15.3. The second kappa shape index (κ2) is 9.27. The van der Waals surface area contributed by atoms with Gasteiger partial charge in [0.25, 0.3) is 5.91 Å². The number of benzene rings is 1. The zero-order chi connectivity index (χ0) is 29.3. The number of carbonyl (C=O) groups is 4. The molecule has 2 aromatic rings. The Balaban J connectivity index is 1.60. The highest BCUT2D eigenvalue weighted by Crippen LogP contribution is 2.53. The number of anilines is 1. The van der Waals surface area contributed by atoms with E-state index in [9.17, 15) is 39.6 Å². The summed E-state index contributed by atoms with van der Waals surface area (Å²) in [7, 11) is 3.01. The minimum atomic E-state index is -2.81. The molecule has 1 aromatic heterocycles. The quantitative estimate of drug-likeness (QED) is 0.216. The Hall–Kier alpha value is -4.56. The van der Waals surface area contributed by atoms with Gasteiger partial charge in [-0.05, 0) is 38.9 Å². The maximum Gasteiger partial charge on any atom is 0.255 e. The van der Waals surface area contributed by atoms with E-state index in [1.165, 1.54) is 36.1 Å². The Labute approximate surface area is 226 Å². The van der Waals surface area contributed by atoms with E-state index in [-0.39, 0.29) is 24.9 Å². The Morgan fingerprint density at radius 2 is 1.98 bits per heavy atom. The lowest BCUT2D eigenvalue weighted by Crippen LogP contribution is -2.63. The van der Waals surface area contributed by atoms with E-state index in [0.29, 0.717) is 0 Å². The number of phenolic OH excluding ortho intramolecular Hbond substituents is 1. The predicted molar refractivity (Wildman–Crippen MR) is 134 cm³/mol. The molecular weight excluding hydrogens is 529 g/mol. The first-order chi connectivity index (χ1) is 18.8. The van der Waals surface area contributed by atoms with Crippen molar-refractivity contribution in [2.45, 2.75) is 31.0 Å². The molecule has 0 fully saturated rings. The molecule has 3 aliphatic rings. The molecule has 4 atom stereocenters. The van der Waals surface area contributed by atoms with Gasteiger partial charge in [0.05, 0.1) is 17.3 Å². The molecule has 0 bridgehead atoms. The molecule has 210 valence electrons. The van der Waals surface area contributed by atoms with Crippen molar-refractivity contribution >= 4 is 29.1 Å². The summed E-state index contributed by atoms with van der Waals surface area (Å²) in [6, 6.07) is 1.30. The second-order valence-corrected chi connectivity index (χ2v) is 10.3. The number of amides is 2. The summed E-state index contributed by atoms with van der Waals surface area (Å²) in [6.07, 6.45) is 2.57. The fourth-order valence-corrected chi connectivity index (χ4v) is 6.10. The number of aliphatic hydroxyl groups is 3. The molecule has 1 heterocycles. The summed E-state index contributed by atoms with van der Waals surface area (Å²) in [5.74, 6) is -10.0. The minimum Gasteiger partial charge on any atom is -0.510 e. The van der Waals surface area contributed by atoms with E-state index in [4.69, 9.17) is 5.73 Å². The van der Waals surface area contributed by atoms with Gasteiger partial charge in [-0.25, -0.2) is 4.39 Å². The first-order valence-electron chi connectivity index (χ1n) is 12.2. The van der Waals surface area contributed by atoms with Gasteiger partial charge in [0, 0.05) is 35.5 Å². The number of ketones is 2. The number of nitrogens with two attached hydrogens (primary N) is 1. The monoisotopic (exact) mass is 555 g/mol. The summed E-state index contributed by atoms with van der Waals surface area (Å²) in [6.45, 7) is -0.265. The number of aromatic hydroxyl groups is 1. The summed E-state index contributed by atoms with van der Waals surface area (Å²) >= 11 is 0. The van der Waals surface area contributed by atoms with Gasteiger partial charge >= 0.3 is 0 Å². The lowest BCUT2D eigenvalue weighted by molar-refractivity contribution is -0.148. The number of nitrogens with one attached hydrogen (secondary N) is 1. The predicted octanol–water partition coefficient (Wildman–Crippen LogP) is 0.0949. The number of aromatic nitrogens is 2. The number of phenols is 1. The summed E-state index contributed by atoms with van der Waals surface area (Å²) < 4.78 is 16.6. The number of hydrogen-bond donors (Lipinski definition) is 6. The number of likely N-dealkylation sites (N-methyl/N-ethyl adjacent to an activating group) is 1. The molecule has 0 saturated heterocycles. The van der Waals surface area contributed by atoms with Crippen LogP contribution in [0.1, 0.15) is 22.3 Å². The van der Waals surface area contributed by atoms with Crippen molar-refractivity contribution in [2.24, 2.45) is 17.6 Å². The van der Waals surface area contributed by atoms with Crippen LogP contribution in [-0.4, -0.2) is 84.2 Å². The third-order valence-corrected chi connectivity index (χ3v) is 7.81. The SMILES string of the molecule is CN(C)[C@@H]1C(O)=C(C(N)=O)C(=O)[C@@]2(O)C(O)=C3C(=O)c4c(O)c(NC(=O)Cn5cccn5)cc(F)c4C[C@H]3C[C@@H]12. The lowest BCUT2D eigenvalue weighted by Gasteiger charge is -2.50. The molecule has 14 heteroatoms. The van der Waals surface area contributed by atoms with Gasteiger partial charge in [0.1, 0.15) is 29.5 Å². The highest BCUT2D eigenvalue weighted by Gasteiger charge is 2.63. The van der Waals surface area contributed by atoms with Gasteiger partial charge in [0.2, 0.25) is 11.7 Å². The summed E-state index contributed by atoms with van der Waals surface area (Å²) in [5, 5.41) is 50.8. The Morgan fingerprint density at radius 1 is 1.27 bits per heavy atom. The molecule has 0 radical (unpaired) electrons. The van der Waals surface area contributed by atoms with E-state index in [2.05, 4.69) is 10.4 Å². The molecule has 5 rings (SSSR count). The second-order valence-electron chi connectivity index (χ2n) is 10.3. The van der Waals surface area contributed by atoms with Crippen LogP contribution in [-0.2, 0) is 27.3 Å². The zero-order valence-corrected chi connectivity index (χ0v) is 21.4. The molecule has 1 aromatic carbocycles. The van der Waals surface area contributed by atoms with Crippen molar-refractivity contribution in [3.8, 4) is 5.75 Å². The first-order valence-corrected chi connectivity index (χ1v) is 12.2. The van der Waals surface area contributed by atoms with E-state index in [1.807, 2.05) is 0 Å². The van der Waals surface area contributed by atoms with E-state index < -0.39 is 92.3 Å². The number of aliphatic hydroxyl groups excluding tert-OH is 2. The molecule has 3 aliphatic carbocycles. The number of hydrogen-bond acceptors (Lipinski definition) is 10. The third-order valence-electron chi connectivity index (χ3n) is 7.81. The average molecular weight is 556 g/mol. The smallest absolute Gasteiger partial charge is 0.255 e. The maximum absolute atomic E-state index is 15.3. The number of rotatable bonds is 5. The number of halogens is 1. The molecule has 40 heavy (non-hydrogen) atoms. The van der Waals surface area contributed by atoms with Crippen molar-refractivity contribution in [1.82, 2.24) is 14.7 Å². The van der Waals surface area contributed by atoms with Crippen LogP contribution in [0.5, 0.6) is 5.75 Å². The highest BCUT2D eigenvalue weighted by molar-refractivity contribution is 6.25. The van der Waals surface area contributed by atoms with E-state index in [1.54, 1.807) is 6.07 Å². The fourth-order valence-electron chi connectivity index (χ4n) is 6.10. The van der Waals surface area contributed by atoms with Gasteiger partial charge in [-0.1, -0.05) is 0 Å². The molecule has 0 saturated carbocycles. The normalized spacial score (nSPS) is 26.0. The van der Waals surface area contributed by atoms with Crippen molar-refractivity contribution in [3.63, 3.8) is 0 Å². The molecule has 0 unspecified atom stereocenters. The number of nitrogens with zero attached hydrogens (tertiary/aromatic N) is 3. The van der Waals surface area contributed by atoms with Crippen LogP contribution in [0, 0.1) is 17.7 Å². The van der Waals surface area contributed by atoms with Crippen molar-refractivity contribution < 1.29 is 44.0 Å². The van der Waals surface area contributed by atoms with Gasteiger partial charge in [-0.15, -0.1) is 0 Å². The molecule has 2 amide bonds. The molecule has 7 N–H and O–H groups in total. The highest BCUT2D eigenvalue weighted by atomic mass is 19.1. The van der Waals surface area contributed by atoms with Crippen LogP contribution in [0.25, 0.3) is 0 Å². The molecule has 0 aliphatic heterocycles. The van der Waals surface area contributed by atoms with Crippen molar-refractivity contribution in [1.29, 1.82) is 0 Å². The third kappa shape index (κ3) is 3.78. The number of allylic oxidation sites excluding steroid dienone is 1. The molecule has 13 nitrogen and oxygen atoms in total. The minimum absolute atomic E-state index is 0.172. The number of carbonyl (C=O) groups excluding carboxylic acids is 4. The van der Waals surface area contributed by atoms with Crippen LogP contribution in [0.2, 0.25) is 0 Å². The number of Topliss-reactive ketones (excluding diaryl/α,β-unsaturated/α-hetero) is 2. The lowest BCUT2D eigenvalue weighted by atomic mass is 9.58. The molecule has 0 spiro atoms. The van der Waals surface area contributed by atoms with Gasteiger partial charge in [0.15, 0.2) is 17.1 Å². The van der Waals surface area contributed by atoms with Crippen LogP contribution >= 0.6 is 0 Å². The van der Waals surface area contributed by atoms with Gasteiger partial charge in [-0.3, -0.25) is 28.8 Å². The fraction of sp³-hybridized carbons (Fsp3) is 0.346. The van der Waals surface area contributed by atoms with Crippen LogP contribution in [0.3, 0.4) is 0 Å². The van der Waals surface area contributed by atoms with E-state index >= 15 is 4.39 Å². The Morgan fingerprint density at radius 3 is 2.58 bits per heavy atom. The number of fused-ring (bicyclic) bond motifs is 3. The Kier molecular flexibility index (Phi) is 6.27. The van der Waals surface area contributed by atoms with Crippen molar-refractivity contribution in [2.75, 3.05) is 19.4 Å². The van der Waals surface area contributed by atoms with Crippen LogP contribution in [0.15, 0.2) is 47.2 Å². The summed E-state index contributed by atoms with van der Waals surface area (Å²) in [4.78, 5) is 52.9. The average Bonchev–Trinajstić information content (AvgIpc) is 3.37. The standard InChI is InChI=1S/C26H26FN5O8/c1-31(2)19-12-7-10-6-11-13(27)8-14(30-15(33)9-32-5-3-4-29-32)20(34)17(11)21(35)16(10)23(37)26(12,40)24(38)18(22(19)36)25(28)39/h3-5,8,10,12,19,34,36-37,40H,6-7,9H2,1-2H3,(H2,28,39)(H,30,33)/t10-,12-,19-,26-/m0/s1. The van der Waals surface area contributed by atoms with Crippen molar-refractivity contribution in [3.05, 3.63) is 64.1 Å². The van der Waals surface area contributed by atoms with E-state index in [0.717, 1.165) is 6.07 Å². The van der Waals surface area contributed by atoms with Gasteiger partial charge in [-0.2, -0.15) is 5.10 Å². The first kappa shape index (κ1) is 27.0. The number of primary amides is 1. The largest absolute Gasteiger partial charge is 0.510 e. The topological polar surface area (TPSA) is 208 Å². The molecular formula is C26H26FN5O8. The van der Waals surface area contributed by atoms with Crippen LogP contribution < -0.4 is 11.1 Å². The van der Waals surface area contributed by atoms with Gasteiger partial charge < -0.3 is 31.5 Å². The Bertz CT molecular complexity index is 1550. The zero-order valence-electron chi connectivity index (χ0n) is 21.4.